The largest absolute Gasteiger partial charge is 0.360 e. The highest BCUT2D eigenvalue weighted by Crippen LogP contribution is 2.31. The van der Waals surface area contributed by atoms with E-state index >= 15 is 0 Å². The second-order valence-electron chi connectivity index (χ2n) is 7.84. The van der Waals surface area contributed by atoms with E-state index in [4.69, 9.17) is 4.52 Å². The Bertz CT molecular complexity index is 1360. The average molecular weight is 482 g/mol. The van der Waals surface area contributed by atoms with Gasteiger partial charge in [0.1, 0.15) is 5.76 Å². The van der Waals surface area contributed by atoms with E-state index in [1.807, 2.05) is 54.0 Å². The summed E-state index contributed by atoms with van der Waals surface area (Å²) in [6, 6.07) is 18.6. The van der Waals surface area contributed by atoms with Crippen molar-refractivity contribution >= 4 is 21.8 Å². The molecule has 2 aromatic carbocycles. The molecule has 0 spiro atoms. The highest BCUT2D eigenvalue weighted by atomic mass is 32.2. The number of aromatic nitrogens is 4. The maximum Gasteiger partial charge on any atom is 0.243 e. The highest BCUT2D eigenvalue weighted by Gasteiger charge is 2.28. The van der Waals surface area contributed by atoms with Gasteiger partial charge in [0.05, 0.1) is 16.3 Å². The van der Waals surface area contributed by atoms with Crippen molar-refractivity contribution in [2.24, 2.45) is 0 Å². The molecule has 4 aromatic rings. The van der Waals surface area contributed by atoms with Gasteiger partial charge in [-0.2, -0.15) is 4.31 Å². The van der Waals surface area contributed by atoms with Gasteiger partial charge in [-0.25, -0.2) is 8.42 Å². The molecule has 1 saturated heterocycles. The van der Waals surface area contributed by atoms with Crippen molar-refractivity contribution in [3.63, 3.8) is 0 Å². The van der Waals surface area contributed by atoms with Gasteiger partial charge in [-0.1, -0.05) is 47.3 Å². The van der Waals surface area contributed by atoms with E-state index in [-0.39, 0.29) is 4.90 Å². The minimum atomic E-state index is -3.53. The van der Waals surface area contributed by atoms with Gasteiger partial charge in [0, 0.05) is 30.4 Å². The van der Waals surface area contributed by atoms with Gasteiger partial charge in [0.2, 0.25) is 10.0 Å². The summed E-state index contributed by atoms with van der Waals surface area (Å²) in [5.41, 5.74) is 2.40. The molecule has 8 nitrogen and oxygen atoms in total. The maximum absolute atomic E-state index is 13.1. The molecular formula is C23H23N5O3S2. The van der Waals surface area contributed by atoms with Crippen LogP contribution in [0.1, 0.15) is 24.3 Å². The van der Waals surface area contributed by atoms with E-state index in [0.717, 1.165) is 30.0 Å². The molecule has 2 aromatic heterocycles. The SMILES string of the molecule is Cc1cc(CSc2nnc(-c3cccc(S(=O)(=O)N4CCCC4)c3)n2-c2ccccc2)on1. The van der Waals surface area contributed by atoms with Crippen molar-refractivity contribution in [1.29, 1.82) is 0 Å². The Morgan fingerprint density at radius 3 is 2.52 bits per heavy atom. The van der Waals surface area contributed by atoms with Crippen molar-refractivity contribution in [3.05, 3.63) is 72.1 Å². The lowest BCUT2D eigenvalue weighted by atomic mass is 10.2. The van der Waals surface area contributed by atoms with Crippen molar-refractivity contribution in [3.8, 4) is 17.1 Å². The zero-order valence-electron chi connectivity index (χ0n) is 18.1. The van der Waals surface area contributed by atoms with Crippen LogP contribution in [0.5, 0.6) is 0 Å². The van der Waals surface area contributed by atoms with Crippen LogP contribution >= 0.6 is 11.8 Å². The van der Waals surface area contributed by atoms with Gasteiger partial charge in [-0.3, -0.25) is 4.57 Å². The average Bonchev–Trinajstić information content (AvgIpc) is 3.59. The van der Waals surface area contributed by atoms with E-state index in [0.29, 0.717) is 35.4 Å². The Kier molecular flexibility index (Phi) is 6.05. The molecule has 0 aliphatic carbocycles. The zero-order chi connectivity index (χ0) is 22.8. The van der Waals surface area contributed by atoms with E-state index in [9.17, 15) is 8.42 Å². The summed E-state index contributed by atoms with van der Waals surface area (Å²) >= 11 is 1.48. The molecule has 0 atom stereocenters. The lowest BCUT2D eigenvalue weighted by Gasteiger charge is -2.16. The second kappa shape index (κ2) is 9.12. The zero-order valence-corrected chi connectivity index (χ0v) is 19.7. The number of rotatable bonds is 7. The van der Waals surface area contributed by atoms with Gasteiger partial charge in [-0.05, 0) is 44.0 Å². The Hall–Kier alpha value is -2.95. The van der Waals surface area contributed by atoms with Gasteiger partial charge < -0.3 is 4.52 Å². The summed E-state index contributed by atoms with van der Waals surface area (Å²) in [5.74, 6) is 1.88. The number of nitrogens with zero attached hydrogens (tertiary/aromatic N) is 5. The lowest BCUT2D eigenvalue weighted by molar-refractivity contribution is 0.391. The third-order valence-corrected chi connectivity index (χ3v) is 8.31. The summed E-state index contributed by atoms with van der Waals surface area (Å²) in [6.07, 6.45) is 1.79. The third kappa shape index (κ3) is 4.46. The fourth-order valence-corrected chi connectivity index (χ4v) is 6.24. The first kappa shape index (κ1) is 21.9. The van der Waals surface area contributed by atoms with Crippen LogP contribution in [0.2, 0.25) is 0 Å². The van der Waals surface area contributed by atoms with E-state index in [2.05, 4.69) is 15.4 Å². The second-order valence-corrected chi connectivity index (χ2v) is 10.7. The molecule has 0 unspecified atom stereocenters. The fourth-order valence-electron chi connectivity index (χ4n) is 3.85. The minimum absolute atomic E-state index is 0.274. The molecule has 0 radical (unpaired) electrons. The number of thioether (sulfide) groups is 1. The Balaban J connectivity index is 1.53. The first-order valence-corrected chi connectivity index (χ1v) is 13.1. The quantitative estimate of drug-likeness (QED) is 0.363. The molecule has 0 bridgehead atoms. The first-order chi connectivity index (χ1) is 16.0. The van der Waals surface area contributed by atoms with Crippen LogP contribution in [0, 0.1) is 6.92 Å². The molecule has 1 fully saturated rings. The fraction of sp³-hybridized carbons (Fsp3) is 0.261. The van der Waals surface area contributed by atoms with Gasteiger partial charge in [0.15, 0.2) is 11.0 Å². The molecule has 10 heteroatoms. The van der Waals surface area contributed by atoms with Crippen LogP contribution in [0.3, 0.4) is 0 Å². The van der Waals surface area contributed by atoms with E-state index in [1.165, 1.54) is 11.8 Å². The molecule has 170 valence electrons. The molecule has 1 aliphatic heterocycles. The van der Waals surface area contributed by atoms with Gasteiger partial charge >= 0.3 is 0 Å². The van der Waals surface area contributed by atoms with Crippen LogP contribution in [-0.4, -0.2) is 45.7 Å². The Morgan fingerprint density at radius 2 is 1.79 bits per heavy atom. The molecule has 0 amide bonds. The molecule has 0 saturated carbocycles. The summed E-state index contributed by atoms with van der Waals surface area (Å²) in [5, 5.41) is 13.5. The van der Waals surface area contributed by atoms with Crippen molar-refractivity contribution in [2.45, 2.75) is 35.6 Å². The molecule has 33 heavy (non-hydrogen) atoms. The summed E-state index contributed by atoms with van der Waals surface area (Å²) in [7, 11) is -3.53. The third-order valence-electron chi connectivity index (χ3n) is 5.46. The standard InChI is InChI=1S/C23H23N5O3S2/c1-17-14-20(31-26-17)16-32-23-25-24-22(28(23)19-9-3-2-4-10-19)18-8-7-11-21(15-18)33(29,30)27-12-5-6-13-27/h2-4,7-11,14-15H,5-6,12-13,16H2,1H3. The summed E-state index contributed by atoms with van der Waals surface area (Å²) in [4.78, 5) is 0.274. The first-order valence-electron chi connectivity index (χ1n) is 10.7. The normalized spacial score (nSPS) is 14.7. The predicted octanol–water partition coefficient (Wildman–Crippen LogP) is 4.31. The Morgan fingerprint density at radius 1 is 1.00 bits per heavy atom. The van der Waals surface area contributed by atoms with Crippen LogP contribution < -0.4 is 0 Å². The van der Waals surface area contributed by atoms with Crippen molar-refractivity contribution < 1.29 is 12.9 Å². The van der Waals surface area contributed by atoms with Crippen molar-refractivity contribution in [1.82, 2.24) is 24.2 Å². The molecule has 5 rings (SSSR count). The molecule has 0 N–H and O–H groups in total. The van der Waals surface area contributed by atoms with Crippen LogP contribution in [0.15, 0.2) is 75.2 Å². The number of hydrogen-bond acceptors (Lipinski definition) is 7. The molecular weight excluding hydrogens is 458 g/mol. The van der Waals surface area contributed by atoms with Gasteiger partial charge in [0.25, 0.3) is 0 Å². The monoisotopic (exact) mass is 481 g/mol. The number of para-hydroxylation sites is 1. The summed E-state index contributed by atoms with van der Waals surface area (Å²) < 4.78 is 35.0. The number of aryl methyl sites for hydroxylation is 1. The minimum Gasteiger partial charge on any atom is -0.360 e. The number of hydrogen-bond donors (Lipinski definition) is 0. The number of benzene rings is 2. The molecule has 1 aliphatic rings. The van der Waals surface area contributed by atoms with E-state index < -0.39 is 10.0 Å². The Labute approximate surface area is 196 Å². The topological polar surface area (TPSA) is 94.1 Å². The van der Waals surface area contributed by atoms with Gasteiger partial charge in [-0.15, -0.1) is 10.2 Å². The van der Waals surface area contributed by atoms with Crippen molar-refractivity contribution in [2.75, 3.05) is 13.1 Å². The highest BCUT2D eigenvalue weighted by molar-refractivity contribution is 7.98. The molecule has 3 heterocycles. The maximum atomic E-state index is 13.1. The van der Waals surface area contributed by atoms with E-state index in [1.54, 1.807) is 22.5 Å². The van der Waals surface area contributed by atoms with Crippen LogP contribution in [0.4, 0.5) is 0 Å². The summed E-state index contributed by atoms with van der Waals surface area (Å²) in [6.45, 7) is 3.01. The lowest BCUT2D eigenvalue weighted by Crippen LogP contribution is -2.27. The van der Waals surface area contributed by atoms with Crippen LogP contribution in [-0.2, 0) is 15.8 Å². The smallest absolute Gasteiger partial charge is 0.243 e. The van der Waals surface area contributed by atoms with Crippen LogP contribution in [0.25, 0.3) is 17.1 Å². The predicted molar refractivity (Wildman–Crippen MR) is 126 cm³/mol. The number of sulfonamides is 1.